The van der Waals surface area contributed by atoms with Crippen LogP contribution < -0.4 is 10.1 Å². The Hall–Kier alpha value is -2.45. The molecule has 5 heteroatoms. The minimum absolute atomic E-state index is 0.153. The first-order valence-electron chi connectivity index (χ1n) is 7.28. The number of nitrogens with one attached hydrogen (secondary N) is 1. The van der Waals surface area contributed by atoms with Gasteiger partial charge in [-0.2, -0.15) is 5.26 Å². The fourth-order valence-electron chi connectivity index (χ4n) is 1.95. The van der Waals surface area contributed by atoms with E-state index in [4.69, 9.17) is 10.00 Å². The van der Waals surface area contributed by atoms with Crippen molar-refractivity contribution in [1.82, 2.24) is 0 Å². The number of rotatable bonds is 7. The maximum atomic E-state index is 12.2. The molecule has 0 unspecified atom stereocenters. The van der Waals surface area contributed by atoms with Gasteiger partial charge in [-0.1, -0.05) is 6.07 Å². The number of anilines is 1. The average molecular weight is 326 g/mol. The highest BCUT2D eigenvalue weighted by Crippen LogP contribution is 2.19. The number of nitriles is 1. The molecule has 4 nitrogen and oxygen atoms in total. The van der Waals surface area contributed by atoms with Gasteiger partial charge in [-0.25, -0.2) is 0 Å². The van der Waals surface area contributed by atoms with Crippen LogP contribution in [0.15, 0.2) is 53.4 Å². The summed E-state index contributed by atoms with van der Waals surface area (Å²) in [5.74, 6) is 0.526. The Morgan fingerprint density at radius 3 is 2.74 bits per heavy atom. The molecule has 0 fully saturated rings. The third-order valence-electron chi connectivity index (χ3n) is 3.15. The van der Waals surface area contributed by atoms with Crippen LogP contribution in [0.3, 0.4) is 0 Å². The smallest absolute Gasteiger partial charge is 0.255 e. The fraction of sp³-hybridized carbons (Fsp3) is 0.222. The summed E-state index contributed by atoms with van der Waals surface area (Å²) in [6.07, 6.45) is 3.16. The molecule has 0 aliphatic carbocycles. The number of unbranched alkanes of at least 4 members (excludes halogenated alkanes) is 1. The molecule has 0 aliphatic heterocycles. The van der Waals surface area contributed by atoms with E-state index in [0.717, 1.165) is 4.90 Å². The largest absolute Gasteiger partial charge is 0.493 e. The minimum Gasteiger partial charge on any atom is -0.493 e. The van der Waals surface area contributed by atoms with Gasteiger partial charge < -0.3 is 10.1 Å². The van der Waals surface area contributed by atoms with E-state index in [9.17, 15) is 4.79 Å². The third-order valence-corrected chi connectivity index (χ3v) is 3.89. The van der Waals surface area contributed by atoms with Gasteiger partial charge in [-0.15, -0.1) is 11.8 Å². The molecule has 0 saturated heterocycles. The Morgan fingerprint density at radius 1 is 1.26 bits per heavy atom. The number of hydrogen-bond donors (Lipinski definition) is 1. The van der Waals surface area contributed by atoms with Crippen molar-refractivity contribution in [3.63, 3.8) is 0 Å². The number of carbonyl (C=O) groups is 1. The van der Waals surface area contributed by atoms with E-state index >= 15 is 0 Å². The molecule has 1 N–H and O–H groups in total. The van der Waals surface area contributed by atoms with Crippen LogP contribution in [0.25, 0.3) is 0 Å². The second-order valence-corrected chi connectivity index (χ2v) is 5.70. The summed E-state index contributed by atoms with van der Waals surface area (Å²) in [7, 11) is 0. The molecule has 0 aliphatic rings. The topological polar surface area (TPSA) is 62.1 Å². The second-order valence-electron chi connectivity index (χ2n) is 4.82. The van der Waals surface area contributed by atoms with Crippen LogP contribution in [0.1, 0.15) is 23.2 Å². The summed E-state index contributed by atoms with van der Waals surface area (Å²) < 4.78 is 5.56. The van der Waals surface area contributed by atoms with Crippen LogP contribution in [0.5, 0.6) is 5.75 Å². The number of nitrogens with zero attached hydrogens (tertiary/aromatic N) is 1. The lowest BCUT2D eigenvalue weighted by molar-refractivity contribution is 0.102. The summed E-state index contributed by atoms with van der Waals surface area (Å²) >= 11 is 1.64. The lowest BCUT2D eigenvalue weighted by atomic mass is 10.2. The summed E-state index contributed by atoms with van der Waals surface area (Å²) in [4.78, 5) is 13.3. The molecule has 0 radical (unpaired) electrons. The molecule has 2 aromatic carbocycles. The molecule has 0 spiro atoms. The van der Waals surface area contributed by atoms with Crippen molar-refractivity contribution in [1.29, 1.82) is 5.26 Å². The second kappa shape index (κ2) is 8.86. The maximum Gasteiger partial charge on any atom is 0.255 e. The van der Waals surface area contributed by atoms with E-state index in [-0.39, 0.29) is 5.91 Å². The van der Waals surface area contributed by atoms with Gasteiger partial charge in [0.15, 0.2) is 0 Å². The maximum absolute atomic E-state index is 12.2. The highest BCUT2D eigenvalue weighted by atomic mass is 32.2. The van der Waals surface area contributed by atoms with Crippen LogP contribution in [-0.2, 0) is 0 Å². The SMILES string of the molecule is CSc1ccc(C(=O)Nc2cccc(OCCCC#N)c2)cc1. The molecule has 23 heavy (non-hydrogen) atoms. The zero-order valence-electron chi connectivity index (χ0n) is 12.9. The van der Waals surface area contributed by atoms with Crippen molar-refractivity contribution in [2.24, 2.45) is 0 Å². The summed E-state index contributed by atoms with van der Waals surface area (Å²) in [5.41, 5.74) is 1.30. The van der Waals surface area contributed by atoms with Gasteiger partial charge in [0.1, 0.15) is 5.75 Å². The van der Waals surface area contributed by atoms with Gasteiger partial charge in [0.25, 0.3) is 5.91 Å². The zero-order chi connectivity index (χ0) is 16.5. The summed E-state index contributed by atoms with van der Waals surface area (Å²) in [5, 5.41) is 11.4. The van der Waals surface area contributed by atoms with Crippen LogP contribution in [0.4, 0.5) is 5.69 Å². The van der Waals surface area contributed by atoms with E-state index < -0.39 is 0 Å². The molecule has 0 aromatic heterocycles. The quantitative estimate of drug-likeness (QED) is 0.607. The molecule has 2 aromatic rings. The first kappa shape index (κ1) is 16.9. The molecule has 0 heterocycles. The van der Waals surface area contributed by atoms with Crippen LogP contribution in [0, 0.1) is 11.3 Å². The van der Waals surface area contributed by atoms with E-state index in [2.05, 4.69) is 11.4 Å². The van der Waals surface area contributed by atoms with Crippen LogP contribution in [-0.4, -0.2) is 18.8 Å². The Bertz CT molecular complexity index is 693. The predicted molar refractivity (Wildman–Crippen MR) is 93.0 cm³/mol. The Labute approximate surface area is 140 Å². The van der Waals surface area contributed by atoms with Gasteiger partial charge >= 0.3 is 0 Å². The number of benzene rings is 2. The van der Waals surface area contributed by atoms with E-state index in [1.807, 2.05) is 48.7 Å². The van der Waals surface area contributed by atoms with Crippen LogP contribution in [0.2, 0.25) is 0 Å². The number of carbonyl (C=O) groups excluding carboxylic acids is 1. The first-order valence-corrected chi connectivity index (χ1v) is 8.50. The van der Waals surface area contributed by atoms with Crippen molar-refractivity contribution >= 4 is 23.4 Å². The Balaban J connectivity index is 1.96. The summed E-state index contributed by atoms with van der Waals surface area (Å²) in [6.45, 7) is 0.487. The molecule has 1 amide bonds. The molecule has 0 bridgehead atoms. The van der Waals surface area contributed by atoms with Crippen molar-refractivity contribution in [3.8, 4) is 11.8 Å². The third kappa shape index (κ3) is 5.35. The molecule has 2 rings (SSSR count). The van der Waals surface area contributed by atoms with Crippen molar-refractivity contribution in [2.45, 2.75) is 17.7 Å². The van der Waals surface area contributed by atoms with E-state index in [0.29, 0.717) is 36.4 Å². The Kier molecular flexibility index (Phi) is 6.52. The lowest BCUT2D eigenvalue weighted by Crippen LogP contribution is -2.11. The van der Waals surface area contributed by atoms with Crippen molar-refractivity contribution in [2.75, 3.05) is 18.2 Å². The number of thioether (sulfide) groups is 1. The van der Waals surface area contributed by atoms with Gasteiger partial charge in [-0.05, 0) is 49.1 Å². The summed E-state index contributed by atoms with van der Waals surface area (Å²) in [6, 6.07) is 16.8. The lowest BCUT2D eigenvalue weighted by Gasteiger charge is -2.09. The predicted octanol–water partition coefficient (Wildman–Crippen LogP) is 4.34. The monoisotopic (exact) mass is 326 g/mol. The fourth-order valence-corrected chi connectivity index (χ4v) is 2.36. The van der Waals surface area contributed by atoms with E-state index in [1.165, 1.54) is 0 Å². The first-order chi connectivity index (χ1) is 11.2. The van der Waals surface area contributed by atoms with Crippen LogP contribution >= 0.6 is 11.8 Å². The average Bonchev–Trinajstić information content (AvgIpc) is 2.59. The van der Waals surface area contributed by atoms with Crippen molar-refractivity contribution in [3.05, 3.63) is 54.1 Å². The highest BCUT2D eigenvalue weighted by molar-refractivity contribution is 7.98. The normalized spacial score (nSPS) is 9.91. The molecular weight excluding hydrogens is 308 g/mol. The van der Waals surface area contributed by atoms with Crippen molar-refractivity contribution < 1.29 is 9.53 Å². The van der Waals surface area contributed by atoms with E-state index in [1.54, 1.807) is 17.8 Å². The van der Waals surface area contributed by atoms with Gasteiger partial charge in [0.05, 0.1) is 12.7 Å². The standard InChI is InChI=1S/C18H18N2O2S/c1-23-17-9-7-14(8-10-17)18(21)20-15-5-4-6-16(13-15)22-12-3-2-11-19/h4-10,13H,2-3,12H2,1H3,(H,20,21). The molecule has 118 valence electrons. The number of ether oxygens (including phenoxy) is 1. The van der Waals surface area contributed by atoms with Gasteiger partial charge in [0, 0.05) is 28.6 Å². The Morgan fingerprint density at radius 2 is 2.04 bits per heavy atom. The zero-order valence-corrected chi connectivity index (χ0v) is 13.7. The number of hydrogen-bond acceptors (Lipinski definition) is 4. The van der Waals surface area contributed by atoms with Gasteiger partial charge in [-0.3, -0.25) is 4.79 Å². The molecule has 0 atom stereocenters. The highest BCUT2D eigenvalue weighted by Gasteiger charge is 2.06. The molecular formula is C18H18N2O2S. The number of amides is 1. The minimum atomic E-state index is -0.153. The van der Waals surface area contributed by atoms with Gasteiger partial charge in [0.2, 0.25) is 0 Å². The molecule has 0 saturated carbocycles.